The molecule has 0 aliphatic heterocycles. The monoisotopic (exact) mass is 400 g/mol. The van der Waals surface area contributed by atoms with Crippen molar-refractivity contribution in [2.45, 2.75) is 25.4 Å². The van der Waals surface area contributed by atoms with Gasteiger partial charge in [-0.05, 0) is 46.9 Å². The molecule has 4 rings (SSSR count). The quantitative estimate of drug-likeness (QED) is 0.629. The number of tetrazole rings is 1. The molecule has 2 heterocycles. The minimum absolute atomic E-state index is 0. The van der Waals surface area contributed by atoms with Gasteiger partial charge in [0.15, 0.2) is 5.88 Å². The molecule has 2 aromatic heterocycles. The minimum atomic E-state index is -0.285. The maximum Gasteiger partial charge on any atom is 0.368 e. The van der Waals surface area contributed by atoms with Gasteiger partial charge in [0.05, 0.1) is 5.69 Å². The van der Waals surface area contributed by atoms with Crippen LogP contribution in [0.2, 0.25) is 0 Å². The Kier molecular flexibility index (Phi) is 4.96. The van der Waals surface area contributed by atoms with Crippen molar-refractivity contribution in [3.63, 3.8) is 0 Å². The molecule has 24 heavy (non-hydrogen) atoms. The van der Waals surface area contributed by atoms with E-state index in [1.54, 1.807) is 19.3 Å². The van der Waals surface area contributed by atoms with Gasteiger partial charge < -0.3 is 14.9 Å². The Morgan fingerprint density at radius 1 is 1.29 bits per heavy atom. The van der Waals surface area contributed by atoms with Gasteiger partial charge in [-0.15, -0.1) is 0 Å². The summed E-state index contributed by atoms with van der Waals surface area (Å²) in [4.78, 5) is 12.2. The number of ether oxygens (including phenoxy) is 1. The van der Waals surface area contributed by atoms with Gasteiger partial charge in [0.2, 0.25) is 0 Å². The molecule has 0 saturated heterocycles. The third-order valence-corrected chi connectivity index (χ3v) is 3.96. The van der Waals surface area contributed by atoms with Crippen molar-refractivity contribution in [2.75, 3.05) is 0 Å². The topological polar surface area (TPSA) is 88.9 Å². The molecule has 0 spiro atoms. The third-order valence-electron chi connectivity index (χ3n) is 3.96. The van der Waals surface area contributed by atoms with Crippen molar-refractivity contribution in [2.24, 2.45) is 7.05 Å². The Bertz CT molecular complexity index is 882. The van der Waals surface area contributed by atoms with E-state index in [9.17, 15) is 4.79 Å². The molecule has 8 nitrogen and oxygen atoms in total. The van der Waals surface area contributed by atoms with E-state index in [4.69, 9.17) is 4.74 Å². The summed E-state index contributed by atoms with van der Waals surface area (Å²) in [5, 5.41) is 15.4. The molecule has 3 aromatic rings. The van der Waals surface area contributed by atoms with E-state index >= 15 is 0 Å². The summed E-state index contributed by atoms with van der Waals surface area (Å²) in [5.41, 5.74) is 2.56. The second-order valence-corrected chi connectivity index (χ2v) is 5.57. The van der Waals surface area contributed by atoms with E-state index in [-0.39, 0.29) is 38.4 Å². The number of nitrogens with zero attached hydrogens (tertiary/aromatic N) is 6. The number of benzene rings is 1. The first-order chi connectivity index (χ1) is 11.2. The predicted molar refractivity (Wildman–Crippen MR) is 80.5 cm³/mol. The van der Waals surface area contributed by atoms with E-state index in [1.165, 1.54) is 14.9 Å². The van der Waals surface area contributed by atoms with Crippen LogP contribution >= 0.6 is 0 Å². The summed E-state index contributed by atoms with van der Waals surface area (Å²) in [5.74, 6) is 0.986. The average molecular weight is 400 g/mol. The van der Waals surface area contributed by atoms with Crippen molar-refractivity contribution >= 4 is 0 Å². The van der Waals surface area contributed by atoms with Gasteiger partial charge in [-0.1, -0.05) is 12.1 Å². The third kappa shape index (κ3) is 3.21. The van der Waals surface area contributed by atoms with E-state index in [0.717, 1.165) is 18.4 Å². The van der Waals surface area contributed by atoms with Gasteiger partial charge in [-0.2, -0.15) is 15.6 Å². The maximum absolute atomic E-state index is 12.2. The Balaban J connectivity index is 0.00000169. The number of rotatable bonds is 5. The van der Waals surface area contributed by atoms with Crippen LogP contribution in [0.5, 0.6) is 5.88 Å². The summed E-state index contributed by atoms with van der Waals surface area (Å²) in [7, 11) is 1.58. The van der Waals surface area contributed by atoms with Gasteiger partial charge >= 0.3 is 5.69 Å². The van der Waals surface area contributed by atoms with Crippen LogP contribution < -0.4 is 15.5 Å². The average Bonchev–Trinajstić information content (AvgIpc) is 3.18. The summed E-state index contributed by atoms with van der Waals surface area (Å²) in [6.07, 6.45) is 3.89. The van der Waals surface area contributed by atoms with Crippen molar-refractivity contribution < 1.29 is 37.4 Å². The first-order valence-corrected chi connectivity index (χ1v) is 7.42. The van der Waals surface area contributed by atoms with Gasteiger partial charge in [0.25, 0.3) is 0 Å². The van der Waals surface area contributed by atoms with Crippen LogP contribution in [-0.4, -0.2) is 24.9 Å². The maximum atomic E-state index is 12.2. The smallest absolute Gasteiger partial charge is 0.368 e. The SMILES string of the molecule is Cn1nnn(-c2cccc(C3CC3)c2COc2cc[n-]n2)c1=O.[Y]. The van der Waals surface area contributed by atoms with Gasteiger partial charge in [0, 0.05) is 45.3 Å². The normalized spacial score (nSPS) is 13.5. The second-order valence-electron chi connectivity index (χ2n) is 5.57. The molecular formula is C15H15N6O2Y-. The fourth-order valence-corrected chi connectivity index (χ4v) is 2.63. The van der Waals surface area contributed by atoms with E-state index in [1.807, 2.05) is 12.1 Å². The zero-order valence-corrected chi connectivity index (χ0v) is 16.0. The molecule has 1 fully saturated rings. The van der Waals surface area contributed by atoms with E-state index in [2.05, 4.69) is 26.7 Å². The molecule has 0 unspecified atom stereocenters. The van der Waals surface area contributed by atoms with E-state index < -0.39 is 0 Å². The molecule has 1 saturated carbocycles. The van der Waals surface area contributed by atoms with Crippen molar-refractivity contribution in [1.29, 1.82) is 0 Å². The zero-order chi connectivity index (χ0) is 15.8. The fraction of sp³-hybridized carbons (Fsp3) is 0.333. The molecule has 0 bridgehead atoms. The first kappa shape index (κ1) is 17.0. The van der Waals surface area contributed by atoms with Crippen molar-refractivity contribution in [3.8, 4) is 11.6 Å². The van der Waals surface area contributed by atoms with Crippen molar-refractivity contribution in [1.82, 2.24) is 30.0 Å². The molecule has 1 radical (unpaired) electrons. The van der Waals surface area contributed by atoms with Crippen LogP contribution in [0.4, 0.5) is 0 Å². The van der Waals surface area contributed by atoms with Crippen LogP contribution in [0.25, 0.3) is 5.69 Å². The zero-order valence-electron chi connectivity index (χ0n) is 13.2. The van der Waals surface area contributed by atoms with Gasteiger partial charge in [0.1, 0.15) is 6.61 Å². The van der Waals surface area contributed by atoms with Gasteiger partial charge in [-0.3, -0.25) is 0 Å². The summed E-state index contributed by atoms with van der Waals surface area (Å²) >= 11 is 0. The molecular weight excluding hydrogens is 385 g/mol. The number of hydrogen-bond donors (Lipinski definition) is 0. The Morgan fingerprint density at radius 2 is 2.12 bits per heavy atom. The largest absolute Gasteiger partial charge is 0.579 e. The van der Waals surface area contributed by atoms with Crippen LogP contribution in [0.1, 0.15) is 29.9 Å². The molecule has 0 atom stereocenters. The predicted octanol–water partition coefficient (Wildman–Crippen LogP) is 0.772. The molecule has 0 N–H and O–H groups in total. The molecule has 9 heteroatoms. The minimum Gasteiger partial charge on any atom is -0.579 e. The fourth-order valence-electron chi connectivity index (χ4n) is 2.63. The number of aryl methyl sites for hydroxylation is 1. The summed E-state index contributed by atoms with van der Waals surface area (Å²) < 4.78 is 8.23. The van der Waals surface area contributed by atoms with Crippen LogP contribution in [0, 0.1) is 0 Å². The van der Waals surface area contributed by atoms with Gasteiger partial charge in [-0.25, -0.2) is 4.79 Å². The molecule has 1 aromatic carbocycles. The Hall–Kier alpha value is -1.80. The van der Waals surface area contributed by atoms with Crippen molar-refractivity contribution in [3.05, 3.63) is 52.1 Å². The Labute approximate surface area is 163 Å². The molecule has 0 amide bonds. The molecule has 1 aliphatic rings. The standard InChI is InChI=1S/C15H15N6O2.Y/c1-20-15(22)21(19-18-20)13-4-2-3-11(10-5-6-10)12(13)9-23-14-7-8-16-17-14;/h2-4,7-8,10H,5-6,9H2,1H3;/q-1;. The van der Waals surface area contributed by atoms with E-state index in [0.29, 0.717) is 24.1 Å². The summed E-state index contributed by atoms with van der Waals surface area (Å²) in [6.45, 7) is 0.309. The molecule has 121 valence electrons. The van der Waals surface area contributed by atoms with Crippen LogP contribution in [0.15, 0.2) is 35.3 Å². The number of aromatic nitrogens is 6. The first-order valence-electron chi connectivity index (χ1n) is 7.42. The van der Waals surface area contributed by atoms with Crippen LogP contribution in [0.3, 0.4) is 0 Å². The van der Waals surface area contributed by atoms with Crippen LogP contribution in [-0.2, 0) is 46.4 Å². The second kappa shape index (κ2) is 6.98. The Morgan fingerprint density at radius 3 is 2.75 bits per heavy atom. The molecule has 1 aliphatic carbocycles. The summed E-state index contributed by atoms with van der Waals surface area (Å²) in [6, 6.07) is 7.58. The number of hydrogen-bond acceptors (Lipinski definition) is 5.